The van der Waals surface area contributed by atoms with E-state index in [1.165, 1.54) is 0 Å². The number of carbonyl (C=O) groups is 2. The second-order valence-electron chi connectivity index (χ2n) is 6.73. The molecule has 2 N–H and O–H groups in total. The number of aliphatic hydroxyl groups excluding tert-OH is 2. The first-order valence-corrected chi connectivity index (χ1v) is 8.76. The Morgan fingerprint density at radius 2 is 1.09 bits per heavy atom. The fraction of sp³-hybridized carbons (Fsp3) is 0.882. The van der Waals surface area contributed by atoms with Gasteiger partial charge in [0.05, 0.1) is 13.2 Å². The lowest BCUT2D eigenvalue weighted by molar-refractivity contribution is -0.187. The van der Waals surface area contributed by atoms with Crippen LogP contribution in [-0.4, -0.2) is 47.6 Å². The molecule has 0 aromatic heterocycles. The molecule has 2 aliphatic carbocycles. The molecular weight excluding hydrogens is 300 g/mol. The predicted molar refractivity (Wildman–Crippen MR) is 82.5 cm³/mol. The summed E-state index contributed by atoms with van der Waals surface area (Å²) in [5.74, 6) is -1.73. The quantitative estimate of drug-likeness (QED) is 0.569. The molecule has 2 aliphatic rings. The van der Waals surface area contributed by atoms with Crippen molar-refractivity contribution in [2.24, 2.45) is 5.41 Å². The fourth-order valence-electron chi connectivity index (χ4n) is 3.29. The Balaban J connectivity index is 2.00. The summed E-state index contributed by atoms with van der Waals surface area (Å²) in [6.45, 7) is -1.61. The first-order chi connectivity index (χ1) is 11.1. The van der Waals surface area contributed by atoms with Crippen LogP contribution in [0.4, 0.5) is 0 Å². The molecule has 23 heavy (non-hydrogen) atoms. The zero-order valence-electron chi connectivity index (χ0n) is 13.7. The molecule has 6 nitrogen and oxygen atoms in total. The van der Waals surface area contributed by atoms with Crippen LogP contribution in [0.5, 0.6) is 0 Å². The van der Waals surface area contributed by atoms with Crippen molar-refractivity contribution in [2.75, 3.05) is 13.2 Å². The van der Waals surface area contributed by atoms with Gasteiger partial charge in [-0.05, 0) is 51.4 Å². The second kappa shape index (κ2) is 8.64. The van der Waals surface area contributed by atoms with Gasteiger partial charge in [-0.2, -0.15) is 0 Å². The smallest absolute Gasteiger partial charge is 0.328 e. The Bertz CT molecular complexity index is 358. The number of esters is 2. The summed E-state index contributed by atoms with van der Waals surface area (Å²) in [6, 6.07) is 0. The van der Waals surface area contributed by atoms with Crippen LogP contribution >= 0.6 is 0 Å². The lowest BCUT2D eigenvalue weighted by Crippen LogP contribution is -2.50. The van der Waals surface area contributed by atoms with Crippen LogP contribution in [0.25, 0.3) is 0 Å². The minimum atomic E-state index is -2.01. The van der Waals surface area contributed by atoms with Crippen molar-refractivity contribution >= 4 is 11.9 Å². The van der Waals surface area contributed by atoms with Crippen LogP contribution < -0.4 is 0 Å². The monoisotopic (exact) mass is 328 g/mol. The number of hydrogen-bond donors (Lipinski definition) is 2. The molecule has 2 fully saturated rings. The van der Waals surface area contributed by atoms with Crippen LogP contribution in [0, 0.1) is 5.41 Å². The zero-order chi connectivity index (χ0) is 16.7. The highest BCUT2D eigenvalue weighted by molar-refractivity contribution is 6.00. The first-order valence-electron chi connectivity index (χ1n) is 8.76. The van der Waals surface area contributed by atoms with Crippen LogP contribution in [0.15, 0.2) is 0 Å². The summed E-state index contributed by atoms with van der Waals surface area (Å²) in [5.41, 5.74) is -2.01. The first kappa shape index (κ1) is 18.2. The molecule has 2 rings (SSSR count). The van der Waals surface area contributed by atoms with Crippen molar-refractivity contribution in [3.63, 3.8) is 0 Å². The second-order valence-corrected chi connectivity index (χ2v) is 6.73. The lowest BCUT2D eigenvalue weighted by atomic mass is 9.89. The SMILES string of the molecule is O=C(OC1CCCCC1)C(CO)(CO)C(=O)OC1CCCCC1. The predicted octanol–water partition coefficient (Wildman–Crippen LogP) is 1.71. The molecule has 0 unspecified atom stereocenters. The molecule has 0 radical (unpaired) electrons. The summed E-state index contributed by atoms with van der Waals surface area (Å²) in [4.78, 5) is 24.9. The molecule has 132 valence electrons. The van der Waals surface area contributed by atoms with E-state index in [0.29, 0.717) is 0 Å². The Morgan fingerprint density at radius 1 is 0.739 bits per heavy atom. The third kappa shape index (κ3) is 4.44. The van der Waals surface area contributed by atoms with E-state index in [1.54, 1.807) is 0 Å². The summed E-state index contributed by atoms with van der Waals surface area (Å²) >= 11 is 0. The van der Waals surface area contributed by atoms with Gasteiger partial charge in [-0.25, -0.2) is 0 Å². The third-order valence-corrected chi connectivity index (χ3v) is 4.97. The molecule has 0 saturated heterocycles. The van der Waals surface area contributed by atoms with E-state index < -0.39 is 30.6 Å². The maximum Gasteiger partial charge on any atom is 0.328 e. The number of ether oxygens (including phenoxy) is 2. The van der Waals surface area contributed by atoms with Gasteiger partial charge in [-0.15, -0.1) is 0 Å². The third-order valence-electron chi connectivity index (χ3n) is 4.97. The molecule has 0 aromatic carbocycles. The van der Waals surface area contributed by atoms with Gasteiger partial charge in [0.1, 0.15) is 12.2 Å². The van der Waals surface area contributed by atoms with Crippen molar-refractivity contribution in [1.29, 1.82) is 0 Å². The number of aliphatic hydroxyl groups is 2. The van der Waals surface area contributed by atoms with Crippen LogP contribution in [0.2, 0.25) is 0 Å². The normalized spacial score (nSPS) is 21.0. The molecule has 2 saturated carbocycles. The van der Waals surface area contributed by atoms with Gasteiger partial charge in [0.2, 0.25) is 5.41 Å². The topological polar surface area (TPSA) is 93.1 Å². The summed E-state index contributed by atoms with van der Waals surface area (Å²) < 4.78 is 10.8. The van der Waals surface area contributed by atoms with Crippen molar-refractivity contribution < 1.29 is 29.3 Å². The summed E-state index contributed by atoms with van der Waals surface area (Å²) in [7, 11) is 0. The summed E-state index contributed by atoms with van der Waals surface area (Å²) in [5, 5.41) is 19.2. The maximum absolute atomic E-state index is 12.4. The van der Waals surface area contributed by atoms with Crippen molar-refractivity contribution in [3.05, 3.63) is 0 Å². The Kier molecular flexibility index (Phi) is 6.84. The van der Waals surface area contributed by atoms with E-state index >= 15 is 0 Å². The average molecular weight is 328 g/mol. The molecule has 0 spiro atoms. The minimum Gasteiger partial charge on any atom is -0.461 e. The molecule has 0 atom stereocenters. The van der Waals surface area contributed by atoms with Gasteiger partial charge < -0.3 is 19.7 Å². The zero-order valence-corrected chi connectivity index (χ0v) is 13.7. The molecule has 0 aromatic rings. The van der Waals surface area contributed by atoms with E-state index in [4.69, 9.17) is 9.47 Å². The molecule has 6 heteroatoms. The molecular formula is C17H28O6. The van der Waals surface area contributed by atoms with Gasteiger partial charge in [0, 0.05) is 0 Å². The van der Waals surface area contributed by atoms with Gasteiger partial charge in [0.15, 0.2) is 0 Å². The van der Waals surface area contributed by atoms with E-state index in [0.717, 1.165) is 64.2 Å². The van der Waals surface area contributed by atoms with E-state index in [-0.39, 0.29) is 12.2 Å². The highest BCUT2D eigenvalue weighted by atomic mass is 16.6. The van der Waals surface area contributed by atoms with Crippen molar-refractivity contribution in [1.82, 2.24) is 0 Å². The fourth-order valence-corrected chi connectivity index (χ4v) is 3.29. The maximum atomic E-state index is 12.4. The average Bonchev–Trinajstić information content (AvgIpc) is 2.58. The Hall–Kier alpha value is -1.14. The van der Waals surface area contributed by atoms with E-state index in [1.807, 2.05) is 0 Å². The molecule has 0 bridgehead atoms. The Labute approximate surface area is 137 Å². The highest BCUT2D eigenvalue weighted by Crippen LogP contribution is 2.28. The standard InChI is InChI=1S/C17H28O6/c18-11-17(12-19,15(20)22-13-7-3-1-4-8-13)16(21)23-14-9-5-2-6-10-14/h13-14,18-19H,1-12H2. The van der Waals surface area contributed by atoms with Crippen molar-refractivity contribution in [3.8, 4) is 0 Å². The molecule has 0 amide bonds. The lowest BCUT2D eigenvalue weighted by Gasteiger charge is -2.31. The van der Waals surface area contributed by atoms with Gasteiger partial charge in [-0.3, -0.25) is 9.59 Å². The van der Waals surface area contributed by atoms with Gasteiger partial charge in [0.25, 0.3) is 0 Å². The van der Waals surface area contributed by atoms with Crippen LogP contribution in [-0.2, 0) is 19.1 Å². The van der Waals surface area contributed by atoms with E-state index in [9.17, 15) is 19.8 Å². The van der Waals surface area contributed by atoms with Crippen molar-refractivity contribution in [2.45, 2.75) is 76.4 Å². The Morgan fingerprint density at radius 3 is 1.39 bits per heavy atom. The largest absolute Gasteiger partial charge is 0.461 e. The van der Waals surface area contributed by atoms with Gasteiger partial charge in [-0.1, -0.05) is 12.8 Å². The molecule has 0 heterocycles. The highest BCUT2D eigenvalue weighted by Gasteiger charge is 2.50. The number of rotatable bonds is 6. The van der Waals surface area contributed by atoms with Crippen LogP contribution in [0.1, 0.15) is 64.2 Å². The van der Waals surface area contributed by atoms with Crippen LogP contribution in [0.3, 0.4) is 0 Å². The van der Waals surface area contributed by atoms with Gasteiger partial charge >= 0.3 is 11.9 Å². The molecule has 0 aliphatic heterocycles. The minimum absolute atomic E-state index is 0.240. The number of carbonyl (C=O) groups excluding carboxylic acids is 2. The number of hydrogen-bond acceptors (Lipinski definition) is 6. The summed E-state index contributed by atoms with van der Waals surface area (Å²) in [6.07, 6.45) is 8.72. The van der Waals surface area contributed by atoms with E-state index in [2.05, 4.69) is 0 Å².